The minimum atomic E-state index is -0.942. The van der Waals surface area contributed by atoms with Crippen molar-refractivity contribution in [2.45, 2.75) is 52.6 Å². The number of para-hydroxylation sites is 1. The lowest BCUT2D eigenvalue weighted by Crippen LogP contribution is -2.30. The van der Waals surface area contributed by atoms with Crippen LogP contribution in [-0.4, -0.2) is 23.8 Å². The SMILES string of the molecule is Cc1ccc(C(=O)CCC(=O)O[C@@H](C)C(=O)Nc2ccccc2C(C)C)cc1. The zero-order valence-electron chi connectivity index (χ0n) is 16.8. The summed E-state index contributed by atoms with van der Waals surface area (Å²) in [6.45, 7) is 7.55. The number of hydrogen-bond acceptors (Lipinski definition) is 4. The molecule has 0 heterocycles. The van der Waals surface area contributed by atoms with Gasteiger partial charge in [-0.25, -0.2) is 0 Å². The van der Waals surface area contributed by atoms with Gasteiger partial charge in [-0.05, 0) is 31.4 Å². The third kappa shape index (κ3) is 6.05. The molecule has 0 saturated carbocycles. The number of esters is 1. The molecule has 1 N–H and O–H groups in total. The summed E-state index contributed by atoms with van der Waals surface area (Å²) in [5.74, 6) is -0.839. The number of rotatable bonds is 8. The highest BCUT2D eigenvalue weighted by Gasteiger charge is 2.20. The Bertz CT molecular complexity index is 840. The average molecular weight is 381 g/mol. The predicted molar refractivity (Wildman–Crippen MR) is 109 cm³/mol. The second-order valence-corrected chi connectivity index (χ2v) is 7.15. The summed E-state index contributed by atoms with van der Waals surface area (Å²) in [6, 6.07) is 14.7. The molecule has 0 aromatic heterocycles. The van der Waals surface area contributed by atoms with E-state index in [9.17, 15) is 14.4 Å². The van der Waals surface area contributed by atoms with Crippen LogP contribution in [0.25, 0.3) is 0 Å². The summed E-state index contributed by atoms with van der Waals surface area (Å²) in [4.78, 5) is 36.5. The molecule has 0 saturated heterocycles. The molecule has 148 valence electrons. The number of hydrogen-bond donors (Lipinski definition) is 1. The van der Waals surface area contributed by atoms with Gasteiger partial charge in [0.1, 0.15) is 0 Å². The first-order chi connectivity index (χ1) is 13.3. The molecule has 0 radical (unpaired) electrons. The number of ketones is 1. The number of nitrogens with one attached hydrogen (secondary N) is 1. The summed E-state index contributed by atoms with van der Waals surface area (Å²) in [6.07, 6.45) is -0.957. The largest absolute Gasteiger partial charge is 0.453 e. The minimum Gasteiger partial charge on any atom is -0.453 e. The van der Waals surface area contributed by atoms with Crippen LogP contribution in [0.15, 0.2) is 48.5 Å². The van der Waals surface area contributed by atoms with Gasteiger partial charge in [-0.2, -0.15) is 0 Å². The molecule has 0 aliphatic carbocycles. The highest BCUT2D eigenvalue weighted by atomic mass is 16.5. The van der Waals surface area contributed by atoms with Crippen molar-refractivity contribution in [2.24, 2.45) is 0 Å². The second kappa shape index (κ2) is 9.83. The summed E-state index contributed by atoms with van der Waals surface area (Å²) in [7, 11) is 0. The van der Waals surface area contributed by atoms with Gasteiger partial charge in [-0.15, -0.1) is 0 Å². The van der Waals surface area contributed by atoms with Crippen molar-refractivity contribution in [3.05, 3.63) is 65.2 Å². The molecule has 2 aromatic carbocycles. The fraction of sp³-hybridized carbons (Fsp3) is 0.348. The van der Waals surface area contributed by atoms with Gasteiger partial charge in [-0.3, -0.25) is 14.4 Å². The van der Waals surface area contributed by atoms with Crippen molar-refractivity contribution < 1.29 is 19.1 Å². The van der Waals surface area contributed by atoms with Crippen molar-refractivity contribution >= 4 is 23.3 Å². The molecule has 5 heteroatoms. The second-order valence-electron chi connectivity index (χ2n) is 7.15. The van der Waals surface area contributed by atoms with E-state index >= 15 is 0 Å². The number of anilines is 1. The van der Waals surface area contributed by atoms with E-state index in [-0.39, 0.29) is 24.5 Å². The molecular weight excluding hydrogens is 354 g/mol. The Hall–Kier alpha value is -2.95. The Kier molecular flexibility index (Phi) is 7.50. The van der Waals surface area contributed by atoms with Crippen molar-refractivity contribution in [1.82, 2.24) is 0 Å². The molecule has 5 nitrogen and oxygen atoms in total. The normalized spacial score (nSPS) is 11.8. The minimum absolute atomic E-state index is 0.0480. The molecule has 1 amide bonds. The number of amides is 1. The van der Waals surface area contributed by atoms with Crippen LogP contribution in [0.1, 0.15) is 61.0 Å². The maximum absolute atomic E-state index is 12.4. The fourth-order valence-corrected chi connectivity index (χ4v) is 2.76. The molecule has 0 aliphatic rings. The number of benzene rings is 2. The fourth-order valence-electron chi connectivity index (χ4n) is 2.76. The van der Waals surface area contributed by atoms with Gasteiger partial charge in [0.15, 0.2) is 11.9 Å². The van der Waals surface area contributed by atoms with Gasteiger partial charge in [0.2, 0.25) is 0 Å². The lowest BCUT2D eigenvalue weighted by Gasteiger charge is -2.17. The number of carbonyl (C=O) groups is 3. The van der Waals surface area contributed by atoms with Gasteiger partial charge < -0.3 is 10.1 Å². The van der Waals surface area contributed by atoms with Gasteiger partial charge in [0, 0.05) is 17.7 Å². The summed E-state index contributed by atoms with van der Waals surface area (Å²) in [5, 5.41) is 2.81. The summed E-state index contributed by atoms with van der Waals surface area (Å²) >= 11 is 0. The van der Waals surface area contributed by atoms with Crippen LogP contribution in [0.4, 0.5) is 5.69 Å². The number of Topliss-reactive ketones (excluding diaryl/α,β-unsaturated/α-hetero) is 1. The topological polar surface area (TPSA) is 72.5 Å². The van der Waals surface area contributed by atoms with Crippen molar-refractivity contribution in [2.75, 3.05) is 5.32 Å². The highest BCUT2D eigenvalue weighted by Crippen LogP contribution is 2.23. The van der Waals surface area contributed by atoms with Gasteiger partial charge >= 0.3 is 5.97 Å². The van der Waals surface area contributed by atoms with Crippen LogP contribution in [0, 0.1) is 6.92 Å². The van der Waals surface area contributed by atoms with Crippen molar-refractivity contribution in [1.29, 1.82) is 0 Å². The highest BCUT2D eigenvalue weighted by molar-refractivity contribution is 5.98. The number of aryl methyl sites for hydroxylation is 1. The monoisotopic (exact) mass is 381 g/mol. The third-order valence-electron chi connectivity index (χ3n) is 4.45. The van der Waals surface area contributed by atoms with E-state index in [1.54, 1.807) is 12.1 Å². The van der Waals surface area contributed by atoms with Crippen LogP contribution in [0.5, 0.6) is 0 Å². The van der Waals surface area contributed by atoms with Crippen LogP contribution in [0.2, 0.25) is 0 Å². The molecule has 0 bridgehead atoms. The Labute approximate surface area is 166 Å². The lowest BCUT2D eigenvalue weighted by atomic mass is 10.0. The molecule has 1 atom stereocenters. The molecule has 0 fully saturated rings. The van der Waals surface area contributed by atoms with Crippen molar-refractivity contribution in [3.8, 4) is 0 Å². The number of carbonyl (C=O) groups excluding carboxylic acids is 3. The number of ether oxygens (including phenoxy) is 1. The smallest absolute Gasteiger partial charge is 0.307 e. The van der Waals surface area contributed by atoms with Crippen LogP contribution in [-0.2, 0) is 14.3 Å². The van der Waals surface area contributed by atoms with E-state index in [1.165, 1.54) is 6.92 Å². The Balaban J connectivity index is 1.85. The van der Waals surface area contributed by atoms with E-state index in [0.29, 0.717) is 11.3 Å². The average Bonchev–Trinajstić information content (AvgIpc) is 2.66. The van der Waals surface area contributed by atoms with E-state index in [0.717, 1.165) is 11.1 Å². The maximum Gasteiger partial charge on any atom is 0.307 e. The molecule has 0 spiro atoms. The molecule has 2 rings (SSSR count). The van der Waals surface area contributed by atoms with E-state index < -0.39 is 18.0 Å². The first kappa shape index (κ1) is 21.4. The molecule has 0 aliphatic heterocycles. The van der Waals surface area contributed by atoms with E-state index in [1.807, 2.05) is 57.2 Å². The maximum atomic E-state index is 12.4. The zero-order valence-corrected chi connectivity index (χ0v) is 16.8. The zero-order chi connectivity index (χ0) is 20.7. The van der Waals surface area contributed by atoms with Crippen LogP contribution < -0.4 is 5.32 Å². The van der Waals surface area contributed by atoms with Gasteiger partial charge in [-0.1, -0.05) is 61.9 Å². The summed E-state index contributed by atoms with van der Waals surface area (Å²) in [5.41, 5.74) is 3.35. The van der Waals surface area contributed by atoms with Crippen molar-refractivity contribution in [3.63, 3.8) is 0 Å². The Morgan fingerprint density at radius 2 is 1.57 bits per heavy atom. The first-order valence-corrected chi connectivity index (χ1v) is 9.47. The molecule has 2 aromatic rings. The standard InChI is InChI=1S/C23H27NO4/c1-15(2)19-7-5-6-8-20(19)24-23(27)17(4)28-22(26)14-13-21(25)18-11-9-16(3)10-12-18/h5-12,15,17H,13-14H2,1-4H3,(H,24,27)/t17-/m0/s1. The van der Waals surface area contributed by atoms with Crippen LogP contribution in [0.3, 0.4) is 0 Å². The van der Waals surface area contributed by atoms with Crippen LogP contribution >= 0.6 is 0 Å². The third-order valence-corrected chi connectivity index (χ3v) is 4.45. The Morgan fingerprint density at radius 3 is 2.21 bits per heavy atom. The summed E-state index contributed by atoms with van der Waals surface area (Å²) < 4.78 is 5.19. The Morgan fingerprint density at radius 1 is 0.929 bits per heavy atom. The van der Waals surface area contributed by atoms with Gasteiger partial charge in [0.25, 0.3) is 5.91 Å². The first-order valence-electron chi connectivity index (χ1n) is 9.47. The molecular formula is C23H27NO4. The van der Waals surface area contributed by atoms with E-state index in [2.05, 4.69) is 5.32 Å². The van der Waals surface area contributed by atoms with E-state index in [4.69, 9.17) is 4.74 Å². The molecule has 0 unspecified atom stereocenters. The lowest BCUT2D eigenvalue weighted by molar-refractivity contribution is -0.153. The predicted octanol–water partition coefficient (Wildman–Crippen LogP) is 4.65. The van der Waals surface area contributed by atoms with Gasteiger partial charge in [0.05, 0.1) is 6.42 Å². The molecule has 28 heavy (non-hydrogen) atoms. The quantitative estimate of drug-likeness (QED) is 0.533.